The van der Waals surface area contributed by atoms with Crippen LogP contribution in [0.25, 0.3) is 0 Å². The van der Waals surface area contributed by atoms with Crippen LogP contribution in [-0.4, -0.2) is 0 Å². The van der Waals surface area contributed by atoms with E-state index in [0.29, 0.717) is 0 Å². The lowest BCUT2D eigenvalue weighted by Gasteiger charge is -2.19. The van der Waals surface area contributed by atoms with E-state index >= 15 is 0 Å². The predicted octanol–water partition coefficient (Wildman–Crippen LogP) is 3.37. The van der Waals surface area contributed by atoms with Gasteiger partial charge in [0.15, 0.2) is 0 Å². The molecule has 0 rings (SSSR count). The van der Waals surface area contributed by atoms with Gasteiger partial charge in [0, 0.05) is 0 Å². The average Bonchev–Trinajstić information content (AvgIpc) is 1.87. The summed E-state index contributed by atoms with van der Waals surface area (Å²) in [6.45, 7) is 13.9. The average molecular weight is 137 g/mol. The molecule has 0 unspecified atom stereocenters. The van der Waals surface area contributed by atoms with Gasteiger partial charge in [-0.1, -0.05) is 31.6 Å². The molecule has 0 heterocycles. The van der Waals surface area contributed by atoms with Crippen LogP contribution in [0, 0.1) is 12.3 Å². The number of allylic oxidation sites excluding steroid dienone is 3. The molecule has 0 heteroatoms. The Balaban J connectivity index is 4.01. The normalized spacial score (nSPS) is 13.4. The van der Waals surface area contributed by atoms with Crippen molar-refractivity contribution in [1.29, 1.82) is 0 Å². The summed E-state index contributed by atoms with van der Waals surface area (Å²) in [6, 6.07) is 0. The zero-order chi connectivity index (χ0) is 8.20. The van der Waals surface area contributed by atoms with Crippen molar-refractivity contribution in [1.82, 2.24) is 0 Å². The molecular weight excluding hydrogens is 120 g/mol. The van der Waals surface area contributed by atoms with Crippen LogP contribution >= 0.6 is 0 Å². The molecule has 0 spiro atoms. The van der Waals surface area contributed by atoms with Crippen molar-refractivity contribution < 1.29 is 0 Å². The Kier molecular flexibility index (Phi) is 3.41. The van der Waals surface area contributed by atoms with E-state index < -0.39 is 0 Å². The summed E-state index contributed by atoms with van der Waals surface area (Å²) >= 11 is 0. The SMILES string of the molecule is [CH2]C=C(C)CC(C)(C)C=C. The lowest BCUT2D eigenvalue weighted by Crippen LogP contribution is -2.06. The van der Waals surface area contributed by atoms with Gasteiger partial charge in [-0.2, -0.15) is 0 Å². The van der Waals surface area contributed by atoms with Gasteiger partial charge in [0.2, 0.25) is 0 Å². The first-order valence-electron chi connectivity index (χ1n) is 3.60. The predicted molar refractivity (Wildman–Crippen MR) is 47.7 cm³/mol. The fourth-order valence-corrected chi connectivity index (χ4v) is 0.863. The Morgan fingerprint density at radius 1 is 1.50 bits per heavy atom. The van der Waals surface area contributed by atoms with Crippen molar-refractivity contribution in [3.05, 3.63) is 31.2 Å². The summed E-state index contributed by atoms with van der Waals surface area (Å²) in [7, 11) is 0. The van der Waals surface area contributed by atoms with Crippen LogP contribution in [0.5, 0.6) is 0 Å². The Bertz CT molecular complexity index is 138. The highest BCUT2D eigenvalue weighted by Gasteiger charge is 2.12. The monoisotopic (exact) mass is 137 g/mol. The Morgan fingerprint density at radius 2 is 2.00 bits per heavy atom. The van der Waals surface area contributed by atoms with Crippen LogP contribution in [0.15, 0.2) is 24.3 Å². The van der Waals surface area contributed by atoms with Crippen LogP contribution in [0.3, 0.4) is 0 Å². The van der Waals surface area contributed by atoms with Crippen LogP contribution in [-0.2, 0) is 0 Å². The highest BCUT2D eigenvalue weighted by molar-refractivity contribution is 5.06. The van der Waals surface area contributed by atoms with Crippen molar-refractivity contribution in [2.45, 2.75) is 27.2 Å². The van der Waals surface area contributed by atoms with Crippen LogP contribution in [0.4, 0.5) is 0 Å². The fraction of sp³-hybridized carbons (Fsp3) is 0.500. The maximum atomic E-state index is 3.77. The molecule has 0 aliphatic heterocycles. The van der Waals surface area contributed by atoms with Crippen molar-refractivity contribution in [2.75, 3.05) is 0 Å². The quantitative estimate of drug-likeness (QED) is 0.523. The Hall–Kier alpha value is -0.520. The third-order valence-electron chi connectivity index (χ3n) is 1.64. The molecule has 57 valence electrons. The summed E-state index contributed by atoms with van der Waals surface area (Å²) < 4.78 is 0. The molecule has 0 amide bonds. The number of hydrogen-bond donors (Lipinski definition) is 0. The molecule has 0 atom stereocenters. The van der Waals surface area contributed by atoms with Gasteiger partial charge >= 0.3 is 0 Å². The van der Waals surface area contributed by atoms with Crippen molar-refractivity contribution in [3.63, 3.8) is 0 Å². The zero-order valence-electron chi connectivity index (χ0n) is 7.28. The second-order valence-corrected chi connectivity index (χ2v) is 3.42. The number of rotatable bonds is 3. The molecule has 0 N–H and O–H groups in total. The lowest BCUT2D eigenvalue weighted by atomic mass is 9.86. The molecule has 0 fully saturated rings. The smallest absolute Gasteiger partial charge is 0.0140 e. The topological polar surface area (TPSA) is 0 Å². The highest BCUT2D eigenvalue weighted by atomic mass is 14.2. The molecule has 10 heavy (non-hydrogen) atoms. The second-order valence-electron chi connectivity index (χ2n) is 3.42. The van der Waals surface area contributed by atoms with Gasteiger partial charge in [-0.25, -0.2) is 0 Å². The standard InChI is InChI=1S/C10H17/c1-6-9(3)8-10(4,5)7-2/h6-7H,1-2,8H2,3-5H3. The van der Waals surface area contributed by atoms with E-state index in [0.717, 1.165) is 6.42 Å². The summed E-state index contributed by atoms with van der Waals surface area (Å²) in [4.78, 5) is 0. The fourth-order valence-electron chi connectivity index (χ4n) is 0.863. The van der Waals surface area contributed by atoms with E-state index in [1.807, 2.05) is 12.2 Å². The molecule has 0 saturated heterocycles. The molecule has 0 nitrogen and oxygen atoms in total. The number of hydrogen-bond acceptors (Lipinski definition) is 0. The summed E-state index contributed by atoms with van der Waals surface area (Å²) in [5, 5.41) is 0. The van der Waals surface area contributed by atoms with Gasteiger partial charge in [0.05, 0.1) is 0 Å². The van der Waals surface area contributed by atoms with E-state index in [1.54, 1.807) is 0 Å². The molecule has 0 saturated carbocycles. The maximum absolute atomic E-state index is 3.77. The largest absolute Gasteiger partial charge is 0.103 e. The molecule has 0 aliphatic carbocycles. The molecular formula is C10H17. The molecule has 0 bridgehead atoms. The highest BCUT2D eigenvalue weighted by Crippen LogP contribution is 2.25. The Morgan fingerprint density at radius 3 is 2.30 bits per heavy atom. The zero-order valence-corrected chi connectivity index (χ0v) is 7.28. The van der Waals surface area contributed by atoms with Gasteiger partial charge in [0.1, 0.15) is 0 Å². The summed E-state index contributed by atoms with van der Waals surface area (Å²) in [5.74, 6) is 0. The minimum absolute atomic E-state index is 0.221. The van der Waals surface area contributed by atoms with Crippen molar-refractivity contribution >= 4 is 0 Å². The third kappa shape index (κ3) is 3.49. The molecule has 0 aromatic heterocycles. The first-order valence-corrected chi connectivity index (χ1v) is 3.60. The van der Waals surface area contributed by atoms with E-state index in [-0.39, 0.29) is 5.41 Å². The van der Waals surface area contributed by atoms with Crippen molar-refractivity contribution in [3.8, 4) is 0 Å². The van der Waals surface area contributed by atoms with Gasteiger partial charge in [0.25, 0.3) is 0 Å². The van der Waals surface area contributed by atoms with E-state index in [9.17, 15) is 0 Å². The van der Waals surface area contributed by atoms with Gasteiger partial charge in [-0.3, -0.25) is 0 Å². The second kappa shape index (κ2) is 3.60. The molecule has 0 aromatic rings. The van der Waals surface area contributed by atoms with E-state index in [4.69, 9.17) is 0 Å². The van der Waals surface area contributed by atoms with Crippen LogP contribution < -0.4 is 0 Å². The first kappa shape index (κ1) is 9.48. The van der Waals surface area contributed by atoms with Gasteiger partial charge in [-0.15, -0.1) is 6.58 Å². The van der Waals surface area contributed by atoms with Gasteiger partial charge in [-0.05, 0) is 25.7 Å². The first-order chi connectivity index (χ1) is 4.52. The van der Waals surface area contributed by atoms with E-state index in [1.165, 1.54) is 5.57 Å². The van der Waals surface area contributed by atoms with Crippen LogP contribution in [0.1, 0.15) is 27.2 Å². The minimum atomic E-state index is 0.221. The summed E-state index contributed by atoms with van der Waals surface area (Å²) in [5.41, 5.74) is 1.54. The molecule has 0 aromatic carbocycles. The molecule has 0 aliphatic rings. The summed E-state index contributed by atoms with van der Waals surface area (Å²) in [6.07, 6.45) is 4.95. The third-order valence-corrected chi connectivity index (χ3v) is 1.64. The van der Waals surface area contributed by atoms with Gasteiger partial charge < -0.3 is 0 Å². The Labute approximate surface area is 64.6 Å². The van der Waals surface area contributed by atoms with Crippen LogP contribution in [0.2, 0.25) is 0 Å². The lowest BCUT2D eigenvalue weighted by molar-refractivity contribution is 0.477. The van der Waals surface area contributed by atoms with E-state index in [2.05, 4.69) is 34.3 Å². The minimum Gasteiger partial charge on any atom is -0.103 e. The molecule has 1 radical (unpaired) electrons. The maximum Gasteiger partial charge on any atom is -0.0140 e. The van der Waals surface area contributed by atoms with Crippen molar-refractivity contribution in [2.24, 2.45) is 5.41 Å².